The van der Waals surface area contributed by atoms with Crippen molar-refractivity contribution in [3.8, 4) is 0 Å². The van der Waals surface area contributed by atoms with Gasteiger partial charge < -0.3 is 19.9 Å². The molecule has 3 heterocycles. The number of nitrogens with zero attached hydrogens (tertiary/aromatic N) is 3. The number of hydrogen-bond donors (Lipinski definition) is 2. The average Bonchev–Trinajstić information content (AvgIpc) is 3.10. The number of anilines is 1. The van der Waals surface area contributed by atoms with Gasteiger partial charge in [0.05, 0.1) is 11.9 Å². The first-order valence-electron chi connectivity index (χ1n) is 8.93. The lowest BCUT2D eigenvalue weighted by Gasteiger charge is -2.28. The van der Waals surface area contributed by atoms with Crippen LogP contribution in [-0.4, -0.2) is 34.4 Å². The molecule has 2 amide bonds. The molecule has 3 rings (SSSR count). The van der Waals surface area contributed by atoms with Crippen molar-refractivity contribution in [3.63, 3.8) is 0 Å². The minimum atomic E-state index is -0.350. The molecule has 0 unspecified atom stereocenters. The molecule has 2 aromatic rings. The zero-order chi connectivity index (χ0) is 18.5. The number of pyridine rings is 1. The predicted molar refractivity (Wildman–Crippen MR) is 95.8 cm³/mol. The summed E-state index contributed by atoms with van der Waals surface area (Å²) >= 11 is 0. The zero-order valence-electron chi connectivity index (χ0n) is 15.4. The molecule has 26 heavy (non-hydrogen) atoms. The first-order valence-corrected chi connectivity index (χ1v) is 8.93. The summed E-state index contributed by atoms with van der Waals surface area (Å²) in [6.45, 7) is 7.26. The van der Waals surface area contributed by atoms with E-state index in [9.17, 15) is 4.79 Å². The van der Waals surface area contributed by atoms with Crippen LogP contribution in [0.2, 0.25) is 0 Å². The molecule has 0 spiro atoms. The molecule has 1 aliphatic rings. The highest BCUT2D eigenvalue weighted by Crippen LogP contribution is 2.30. The van der Waals surface area contributed by atoms with Crippen LogP contribution in [0.3, 0.4) is 0 Å². The molecule has 1 atom stereocenters. The van der Waals surface area contributed by atoms with E-state index in [0.717, 1.165) is 18.4 Å². The second-order valence-corrected chi connectivity index (χ2v) is 6.92. The number of urea groups is 1. The Labute approximate surface area is 152 Å². The van der Waals surface area contributed by atoms with Crippen molar-refractivity contribution in [2.45, 2.75) is 45.6 Å². The van der Waals surface area contributed by atoms with E-state index in [-0.39, 0.29) is 23.9 Å². The Kier molecular flexibility index (Phi) is 5.82. The molecule has 0 saturated carbocycles. The number of carbonyl (C=O) groups is 1. The van der Waals surface area contributed by atoms with Crippen LogP contribution in [0, 0.1) is 12.8 Å². The van der Waals surface area contributed by atoms with E-state index in [1.807, 2.05) is 26.8 Å². The van der Waals surface area contributed by atoms with E-state index in [0.29, 0.717) is 30.6 Å². The monoisotopic (exact) mass is 359 g/mol. The number of ether oxygens (including phenoxy) is 1. The Bertz CT molecular complexity index is 740. The molecule has 8 heteroatoms. The van der Waals surface area contributed by atoms with Crippen LogP contribution in [0.5, 0.6) is 0 Å². The third-order valence-electron chi connectivity index (χ3n) is 4.40. The van der Waals surface area contributed by atoms with Crippen molar-refractivity contribution in [2.24, 2.45) is 5.92 Å². The third-order valence-corrected chi connectivity index (χ3v) is 4.40. The lowest BCUT2D eigenvalue weighted by atomic mass is 9.91. The summed E-state index contributed by atoms with van der Waals surface area (Å²) in [5.41, 5.74) is 1.61. The van der Waals surface area contributed by atoms with Crippen molar-refractivity contribution in [1.82, 2.24) is 20.4 Å². The van der Waals surface area contributed by atoms with Gasteiger partial charge in [-0.15, -0.1) is 0 Å². The molecular formula is C18H25N5O3. The number of carbonyl (C=O) groups excluding carboxylic acids is 1. The predicted octanol–water partition coefficient (Wildman–Crippen LogP) is 3.19. The second-order valence-electron chi connectivity index (χ2n) is 6.92. The standard InChI is InChI=1S/C18H25N5O3/c1-11(2)16-22-17(26-23-16)15(13-4-6-25-7-5-13)21-18(24)20-14-8-12(3)9-19-10-14/h8-11,13,15H,4-7H2,1-3H3,(H2,20,21,24)/t15-/m1/s1. The van der Waals surface area contributed by atoms with E-state index < -0.39 is 0 Å². The van der Waals surface area contributed by atoms with Crippen LogP contribution < -0.4 is 10.6 Å². The normalized spacial score (nSPS) is 16.5. The van der Waals surface area contributed by atoms with E-state index in [4.69, 9.17) is 9.26 Å². The molecule has 8 nitrogen and oxygen atoms in total. The molecule has 0 radical (unpaired) electrons. The number of nitrogens with one attached hydrogen (secondary N) is 2. The summed E-state index contributed by atoms with van der Waals surface area (Å²) in [5.74, 6) is 1.43. The van der Waals surface area contributed by atoms with Crippen LogP contribution in [0.25, 0.3) is 0 Å². The van der Waals surface area contributed by atoms with Gasteiger partial charge in [0.1, 0.15) is 6.04 Å². The molecule has 1 fully saturated rings. The number of hydrogen-bond acceptors (Lipinski definition) is 6. The number of amides is 2. The Morgan fingerprint density at radius 1 is 1.27 bits per heavy atom. The van der Waals surface area contributed by atoms with Gasteiger partial charge >= 0.3 is 6.03 Å². The van der Waals surface area contributed by atoms with Crippen LogP contribution in [-0.2, 0) is 4.74 Å². The number of rotatable bonds is 5. The van der Waals surface area contributed by atoms with Gasteiger partial charge in [-0.1, -0.05) is 19.0 Å². The number of aryl methyl sites for hydroxylation is 1. The molecule has 140 valence electrons. The van der Waals surface area contributed by atoms with Gasteiger partial charge in [-0.2, -0.15) is 4.98 Å². The van der Waals surface area contributed by atoms with E-state index in [1.165, 1.54) is 0 Å². The van der Waals surface area contributed by atoms with E-state index >= 15 is 0 Å². The molecule has 2 N–H and O–H groups in total. The molecule has 1 saturated heterocycles. The van der Waals surface area contributed by atoms with Crippen molar-refractivity contribution >= 4 is 11.7 Å². The van der Waals surface area contributed by atoms with E-state index in [2.05, 4.69) is 25.8 Å². The maximum Gasteiger partial charge on any atom is 0.319 e. The molecule has 0 aliphatic carbocycles. The Hall–Kier alpha value is -2.48. The fourth-order valence-electron chi connectivity index (χ4n) is 2.97. The Morgan fingerprint density at radius 3 is 2.69 bits per heavy atom. The quantitative estimate of drug-likeness (QED) is 0.850. The van der Waals surface area contributed by atoms with Crippen molar-refractivity contribution in [1.29, 1.82) is 0 Å². The average molecular weight is 359 g/mol. The molecular weight excluding hydrogens is 334 g/mol. The second kappa shape index (κ2) is 8.27. The molecule has 2 aromatic heterocycles. The van der Waals surface area contributed by atoms with Crippen LogP contribution in [0.1, 0.15) is 55.9 Å². The highest BCUT2D eigenvalue weighted by atomic mass is 16.5. The fourth-order valence-corrected chi connectivity index (χ4v) is 2.97. The van der Waals surface area contributed by atoms with Crippen LogP contribution >= 0.6 is 0 Å². The van der Waals surface area contributed by atoms with Crippen LogP contribution in [0.4, 0.5) is 10.5 Å². The van der Waals surface area contributed by atoms with Gasteiger partial charge in [-0.3, -0.25) is 4.98 Å². The smallest absolute Gasteiger partial charge is 0.319 e. The Morgan fingerprint density at radius 2 is 2.04 bits per heavy atom. The maximum absolute atomic E-state index is 12.5. The minimum Gasteiger partial charge on any atom is -0.381 e. The lowest BCUT2D eigenvalue weighted by Crippen LogP contribution is -2.38. The summed E-state index contributed by atoms with van der Waals surface area (Å²) in [6, 6.07) is 1.19. The summed E-state index contributed by atoms with van der Waals surface area (Å²) in [6.07, 6.45) is 5.01. The largest absolute Gasteiger partial charge is 0.381 e. The van der Waals surface area contributed by atoms with Gasteiger partial charge in [0, 0.05) is 25.3 Å². The fraction of sp³-hybridized carbons (Fsp3) is 0.556. The van der Waals surface area contributed by atoms with Gasteiger partial charge in [0.2, 0.25) is 5.89 Å². The maximum atomic E-state index is 12.5. The summed E-state index contributed by atoms with van der Waals surface area (Å²) in [4.78, 5) is 21.1. The van der Waals surface area contributed by atoms with Gasteiger partial charge in [0.25, 0.3) is 0 Å². The van der Waals surface area contributed by atoms with Gasteiger partial charge in [-0.05, 0) is 37.3 Å². The number of aromatic nitrogens is 3. The highest BCUT2D eigenvalue weighted by molar-refractivity contribution is 5.89. The topological polar surface area (TPSA) is 102 Å². The summed E-state index contributed by atoms with van der Waals surface area (Å²) in [7, 11) is 0. The highest BCUT2D eigenvalue weighted by Gasteiger charge is 2.31. The zero-order valence-corrected chi connectivity index (χ0v) is 15.4. The van der Waals surface area contributed by atoms with Crippen molar-refractivity contribution in [2.75, 3.05) is 18.5 Å². The Balaban J connectivity index is 1.75. The third kappa shape index (κ3) is 4.57. The van der Waals surface area contributed by atoms with E-state index in [1.54, 1.807) is 12.4 Å². The SMILES string of the molecule is Cc1cncc(NC(=O)N[C@@H](c2nc(C(C)C)no2)C2CCOCC2)c1. The van der Waals surface area contributed by atoms with Crippen molar-refractivity contribution in [3.05, 3.63) is 35.7 Å². The molecule has 1 aliphatic heterocycles. The molecule has 0 bridgehead atoms. The first-order chi connectivity index (χ1) is 12.5. The molecule has 0 aromatic carbocycles. The van der Waals surface area contributed by atoms with Gasteiger partial charge in [0.15, 0.2) is 5.82 Å². The summed E-state index contributed by atoms with van der Waals surface area (Å²) < 4.78 is 10.9. The van der Waals surface area contributed by atoms with Gasteiger partial charge in [-0.25, -0.2) is 4.79 Å². The minimum absolute atomic E-state index is 0.162. The van der Waals surface area contributed by atoms with Crippen LogP contribution in [0.15, 0.2) is 23.0 Å². The lowest BCUT2D eigenvalue weighted by molar-refractivity contribution is 0.0506. The summed E-state index contributed by atoms with van der Waals surface area (Å²) in [5, 5.41) is 9.85. The van der Waals surface area contributed by atoms with Crippen molar-refractivity contribution < 1.29 is 14.1 Å². The first kappa shape index (κ1) is 18.3.